The van der Waals surface area contributed by atoms with Crippen LogP contribution in [0.2, 0.25) is 10.0 Å². The maximum absolute atomic E-state index is 13.6. The van der Waals surface area contributed by atoms with Crippen LogP contribution in [0.5, 0.6) is 0 Å². The van der Waals surface area contributed by atoms with Crippen molar-refractivity contribution in [3.63, 3.8) is 0 Å². The van der Waals surface area contributed by atoms with Crippen molar-refractivity contribution in [2.24, 2.45) is 0 Å². The van der Waals surface area contributed by atoms with Crippen molar-refractivity contribution >= 4 is 44.6 Å². The monoisotopic (exact) mass is 366 g/mol. The summed E-state index contributed by atoms with van der Waals surface area (Å²) in [6.45, 7) is 0. The summed E-state index contributed by atoms with van der Waals surface area (Å²) >= 11 is 11.6. The maximum atomic E-state index is 13.6. The molecule has 2 rings (SSSR count). The van der Waals surface area contributed by atoms with E-state index in [0.29, 0.717) is 9.82 Å². The lowest BCUT2D eigenvalue weighted by Gasteiger charge is -2.05. The summed E-state index contributed by atoms with van der Waals surface area (Å²) in [6.07, 6.45) is 0.932. The summed E-state index contributed by atoms with van der Waals surface area (Å²) in [4.78, 5) is 12.5. The lowest BCUT2D eigenvalue weighted by Crippen LogP contribution is -2.16. The van der Waals surface area contributed by atoms with E-state index in [9.17, 15) is 17.6 Å². The van der Waals surface area contributed by atoms with Crippen LogP contribution in [0.4, 0.5) is 10.1 Å². The van der Waals surface area contributed by atoms with Gasteiger partial charge < -0.3 is 5.32 Å². The number of sulfone groups is 1. The van der Waals surface area contributed by atoms with Gasteiger partial charge in [0.25, 0.3) is 11.9 Å². The molecule has 2 aromatic rings. The third kappa shape index (κ3) is 4.15. The van der Waals surface area contributed by atoms with E-state index < -0.39 is 33.3 Å². The minimum Gasteiger partial charge on any atom is -0.319 e. The molecule has 0 aliphatic rings. The highest BCUT2D eigenvalue weighted by Crippen LogP contribution is 2.25. The second kappa shape index (κ2) is 6.19. The number of rotatable bonds is 4. The van der Waals surface area contributed by atoms with E-state index in [1.807, 2.05) is 0 Å². The van der Waals surface area contributed by atoms with Gasteiger partial charge in [0, 0.05) is 11.3 Å². The van der Waals surface area contributed by atoms with Gasteiger partial charge in [-0.2, -0.15) is 9.19 Å². The first kappa shape index (κ1) is 16.7. The Balaban J connectivity index is 2.23. The summed E-state index contributed by atoms with van der Waals surface area (Å²) in [5.41, 5.74) is -0.442. The standard InChI is InChI=1S/C11H9Cl2FN4O3S/c1-22(20,21)5-18-16-9(10(14)17-18)11(19)15-8-3-2-6(12)4-7(8)13/h2-4H,5H2,1H3,(H,15,19). The molecule has 11 heteroatoms. The van der Waals surface area contributed by atoms with Crippen LogP contribution in [-0.4, -0.2) is 35.6 Å². The van der Waals surface area contributed by atoms with Gasteiger partial charge in [-0.3, -0.25) is 4.79 Å². The fourth-order valence-electron chi connectivity index (χ4n) is 1.51. The molecule has 1 amide bonds. The number of halogens is 3. The van der Waals surface area contributed by atoms with Gasteiger partial charge in [-0.25, -0.2) is 8.42 Å². The minimum absolute atomic E-state index is 0.157. The van der Waals surface area contributed by atoms with E-state index in [4.69, 9.17) is 23.2 Å². The third-order valence-corrected chi connectivity index (χ3v) is 3.61. The molecule has 7 nitrogen and oxygen atoms in total. The van der Waals surface area contributed by atoms with Crippen molar-refractivity contribution in [3.05, 3.63) is 39.9 Å². The summed E-state index contributed by atoms with van der Waals surface area (Å²) in [5.74, 6) is -2.74. The predicted octanol–water partition coefficient (Wildman–Crippen LogP) is 1.98. The Morgan fingerprint density at radius 1 is 1.36 bits per heavy atom. The van der Waals surface area contributed by atoms with Gasteiger partial charge in [-0.15, -0.1) is 10.2 Å². The average molecular weight is 367 g/mol. The lowest BCUT2D eigenvalue weighted by molar-refractivity contribution is 0.101. The van der Waals surface area contributed by atoms with E-state index in [2.05, 4.69) is 15.5 Å². The second-order valence-electron chi connectivity index (χ2n) is 4.34. The molecule has 1 aromatic heterocycles. The number of benzene rings is 1. The molecule has 0 atom stereocenters. The zero-order valence-electron chi connectivity index (χ0n) is 11.0. The van der Waals surface area contributed by atoms with Crippen molar-refractivity contribution in [1.29, 1.82) is 0 Å². The van der Waals surface area contributed by atoms with E-state index in [1.54, 1.807) is 0 Å². The molecule has 0 saturated heterocycles. The Hall–Kier alpha value is -1.71. The second-order valence-corrected chi connectivity index (χ2v) is 7.30. The molecule has 1 N–H and O–H groups in total. The number of nitrogens with zero attached hydrogens (tertiary/aromatic N) is 3. The molecule has 0 aliphatic carbocycles. The Morgan fingerprint density at radius 3 is 2.64 bits per heavy atom. The predicted molar refractivity (Wildman–Crippen MR) is 79.2 cm³/mol. The fraction of sp³-hybridized carbons (Fsp3) is 0.182. The van der Waals surface area contributed by atoms with Crippen LogP contribution >= 0.6 is 23.2 Å². The summed E-state index contributed by atoms with van der Waals surface area (Å²) in [5, 5.41) is 9.61. The quantitative estimate of drug-likeness (QED) is 0.892. The topological polar surface area (TPSA) is 94.0 Å². The zero-order chi connectivity index (χ0) is 16.5. The van der Waals surface area contributed by atoms with E-state index in [0.717, 1.165) is 6.26 Å². The number of carbonyl (C=O) groups is 1. The van der Waals surface area contributed by atoms with Crippen LogP contribution in [0, 0.1) is 5.95 Å². The van der Waals surface area contributed by atoms with Crippen molar-refractivity contribution in [1.82, 2.24) is 15.0 Å². The van der Waals surface area contributed by atoms with E-state index >= 15 is 0 Å². The molecule has 1 aromatic carbocycles. The van der Waals surface area contributed by atoms with Gasteiger partial charge in [0.2, 0.25) is 5.69 Å². The van der Waals surface area contributed by atoms with E-state index in [-0.39, 0.29) is 10.7 Å². The number of anilines is 1. The number of hydrogen-bond acceptors (Lipinski definition) is 5. The molecule has 0 saturated carbocycles. The van der Waals surface area contributed by atoms with Crippen LogP contribution in [0.3, 0.4) is 0 Å². The number of carbonyl (C=O) groups excluding carboxylic acids is 1. The van der Waals surface area contributed by atoms with Gasteiger partial charge in [-0.1, -0.05) is 23.2 Å². The molecule has 0 bridgehead atoms. The summed E-state index contributed by atoms with van der Waals surface area (Å²) in [7, 11) is -3.47. The van der Waals surface area contributed by atoms with Gasteiger partial charge in [-0.05, 0) is 18.2 Å². The maximum Gasteiger partial charge on any atom is 0.281 e. The molecule has 0 spiro atoms. The number of amides is 1. The van der Waals surface area contributed by atoms with Crippen molar-refractivity contribution in [3.8, 4) is 0 Å². The van der Waals surface area contributed by atoms with Crippen LogP contribution < -0.4 is 5.32 Å². The first-order valence-electron chi connectivity index (χ1n) is 5.70. The molecular weight excluding hydrogens is 358 g/mol. The Kier molecular flexibility index (Phi) is 4.69. The van der Waals surface area contributed by atoms with Gasteiger partial charge in [0.15, 0.2) is 15.7 Å². The van der Waals surface area contributed by atoms with Crippen LogP contribution in [0.15, 0.2) is 18.2 Å². The van der Waals surface area contributed by atoms with Crippen LogP contribution in [-0.2, 0) is 15.7 Å². The molecule has 0 unspecified atom stereocenters. The Labute approximate surface area is 134 Å². The molecular formula is C11H9Cl2FN4O3S. The molecule has 0 aliphatic heterocycles. The zero-order valence-corrected chi connectivity index (χ0v) is 13.4. The molecule has 0 radical (unpaired) electrons. The first-order valence-corrected chi connectivity index (χ1v) is 8.52. The summed E-state index contributed by atoms with van der Waals surface area (Å²) in [6, 6.07) is 4.32. The molecule has 0 fully saturated rings. The SMILES string of the molecule is CS(=O)(=O)Cn1nc(F)c(C(=O)Nc2ccc(Cl)cc2Cl)n1. The third-order valence-electron chi connectivity index (χ3n) is 2.36. The Morgan fingerprint density at radius 2 is 2.05 bits per heavy atom. The highest BCUT2D eigenvalue weighted by molar-refractivity contribution is 7.89. The first-order chi connectivity index (χ1) is 10.2. The number of nitrogens with one attached hydrogen (secondary N) is 1. The largest absolute Gasteiger partial charge is 0.319 e. The van der Waals surface area contributed by atoms with Gasteiger partial charge in [0.1, 0.15) is 0 Å². The van der Waals surface area contributed by atoms with Crippen molar-refractivity contribution < 1.29 is 17.6 Å². The minimum atomic E-state index is -3.47. The molecule has 118 valence electrons. The lowest BCUT2D eigenvalue weighted by atomic mass is 10.3. The average Bonchev–Trinajstić information content (AvgIpc) is 2.71. The van der Waals surface area contributed by atoms with Gasteiger partial charge >= 0.3 is 0 Å². The molecule has 22 heavy (non-hydrogen) atoms. The van der Waals surface area contributed by atoms with Crippen molar-refractivity contribution in [2.45, 2.75) is 5.88 Å². The number of aromatic nitrogens is 3. The normalized spacial score (nSPS) is 11.5. The van der Waals surface area contributed by atoms with Crippen LogP contribution in [0.25, 0.3) is 0 Å². The van der Waals surface area contributed by atoms with E-state index in [1.165, 1.54) is 18.2 Å². The highest BCUT2D eigenvalue weighted by atomic mass is 35.5. The van der Waals surface area contributed by atoms with Gasteiger partial charge in [0.05, 0.1) is 10.7 Å². The smallest absolute Gasteiger partial charge is 0.281 e. The van der Waals surface area contributed by atoms with Crippen LogP contribution in [0.1, 0.15) is 10.5 Å². The summed E-state index contributed by atoms with van der Waals surface area (Å²) < 4.78 is 35.8. The molecule has 1 heterocycles. The van der Waals surface area contributed by atoms with Crippen molar-refractivity contribution in [2.75, 3.05) is 11.6 Å². The highest BCUT2D eigenvalue weighted by Gasteiger charge is 2.21. The number of hydrogen-bond donors (Lipinski definition) is 1. The Bertz CT molecular complexity index is 838. The fourth-order valence-corrected chi connectivity index (χ4v) is 2.50.